The standard InChI is InChI=1S/C13H19N7S2.Cu/c1-3-15-12(21)19-17-9-11(10-5-7-14-8-6-10)18-20-13(22)16-4-2;/h5-9H,3-4H2,1-2H3,(H2,15,19,21)(H2,16,20,22);/q;+2/p-2/b17-9+,18-11-;. The summed E-state index contributed by atoms with van der Waals surface area (Å²) in [6.45, 7) is 4.98. The second kappa shape index (κ2) is 12.9. The van der Waals surface area contributed by atoms with E-state index in [1.165, 1.54) is 6.21 Å². The maximum atomic E-state index is 5.02. The third-order valence-corrected chi connectivity index (χ3v) is 2.64. The van der Waals surface area contributed by atoms with Crippen LogP contribution < -0.4 is 10.9 Å². The molecule has 0 amide bonds. The van der Waals surface area contributed by atoms with Crippen LogP contribution in [0.15, 0.2) is 44.7 Å². The minimum atomic E-state index is 0. The second-order valence-electron chi connectivity index (χ2n) is 3.77. The summed E-state index contributed by atoms with van der Waals surface area (Å²) in [5, 5.41) is 8.84. The normalized spacial score (nSPS) is 12.9. The molecule has 0 spiro atoms. The minimum Gasteiger partial charge on any atom is -0.741 e. The van der Waals surface area contributed by atoms with Crippen molar-refractivity contribution in [1.29, 1.82) is 0 Å². The van der Waals surface area contributed by atoms with Crippen molar-refractivity contribution in [2.45, 2.75) is 13.8 Å². The zero-order chi connectivity index (χ0) is 16.2. The molecule has 0 aliphatic heterocycles. The predicted molar refractivity (Wildman–Crippen MR) is 96.2 cm³/mol. The number of aromatic nitrogens is 1. The van der Waals surface area contributed by atoms with Gasteiger partial charge in [-0.05, 0) is 36.3 Å². The van der Waals surface area contributed by atoms with Crippen molar-refractivity contribution in [3.8, 4) is 0 Å². The molecule has 127 valence electrons. The Morgan fingerprint density at radius 2 is 1.65 bits per heavy atom. The topological polar surface area (TPSA) is 86.4 Å². The largest absolute Gasteiger partial charge is 2.00 e. The van der Waals surface area contributed by atoms with Gasteiger partial charge in [0.1, 0.15) is 5.71 Å². The van der Waals surface area contributed by atoms with Crippen LogP contribution in [0.25, 0.3) is 0 Å². The van der Waals surface area contributed by atoms with Gasteiger partial charge in [0.15, 0.2) is 0 Å². The molecule has 1 heterocycles. The Balaban J connectivity index is 0.00000484. The predicted octanol–water partition coefficient (Wildman–Crippen LogP) is 0.794. The van der Waals surface area contributed by atoms with Crippen LogP contribution in [0.2, 0.25) is 0 Å². The van der Waals surface area contributed by atoms with Gasteiger partial charge in [0, 0.05) is 31.0 Å². The van der Waals surface area contributed by atoms with E-state index >= 15 is 0 Å². The fraction of sp³-hybridized carbons (Fsp3) is 0.308. The zero-order valence-corrected chi connectivity index (χ0v) is 15.2. The number of hydrazone groups is 2. The number of rotatable bonds is 6. The molecule has 0 aromatic carbocycles. The first kappa shape index (κ1) is 21.4. The molecule has 2 N–H and O–H groups in total. The maximum Gasteiger partial charge on any atom is 2.00 e. The van der Waals surface area contributed by atoms with Crippen LogP contribution in [-0.2, 0) is 42.3 Å². The van der Waals surface area contributed by atoms with E-state index in [9.17, 15) is 0 Å². The van der Waals surface area contributed by atoms with E-state index in [1.54, 1.807) is 24.5 Å². The SMILES string of the molecule is CCN=C([S-])N/N=C/C(=N/NC([S-])=NCC)c1ccncc1.[Cu+2]. The number of hydrogen-bond donors (Lipinski definition) is 2. The molecule has 0 saturated carbocycles. The summed E-state index contributed by atoms with van der Waals surface area (Å²) in [6.07, 6.45) is 4.85. The van der Waals surface area contributed by atoms with Gasteiger partial charge in [-0.25, -0.2) is 0 Å². The van der Waals surface area contributed by atoms with Crippen LogP contribution in [0, 0.1) is 0 Å². The summed E-state index contributed by atoms with van der Waals surface area (Å²) in [5.41, 5.74) is 6.74. The molecule has 0 saturated heterocycles. The first-order valence-corrected chi connectivity index (χ1v) is 7.45. The summed E-state index contributed by atoms with van der Waals surface area (Å²) in [7, 11) is 0. The molecule has 7 nitrogen and oxygen atoms in total. The summed E-state index contributed by atoms with van der Waals surface area (Å²) < 4.78 is 0. The van der Waals surface area contributed by atoms with Crippen molar-refractivity contribution < 1.29 is 17.1 Å². The molecule has 1 aromatic heterocycles. The number of hydrogen-bond acceptors (Lipinski definition) is 7. The van der Waals surface area contributed by atoms with Gasteiger partial charge in [0.25, 0.3) is 0 Å². The van der Waals surface area contributed by atoms with Crippen LogP contribution in [-0.4, -0.2) is 40.3 Å². The Labute approximate surface area is 157 Å². The van der Waals surface area contributed by atoms with E-state index in [2.05, 4.69) is 36.0 Å². The minimum absolute atomic E-state index is 0. The molecule has 0 bridgehead atoms. The third-order valence-electron chi connectivity index (χ3n) is 2.20. The van der Waals surface area contributed by atoms with E-state index in [0.29, 0.717) is 29.1 Å². The van der Waals surface area contributed by atoms with E-state index in [0.717, 1.165) is 5.56 Å². The Morgan fingerprint density at radius 1 is 1.09 bits per heavy atom. The fourth-order valence-electron chi connectivity index (χ4n) is 1.31. The number of nitrogens with zero attached hydrogens (tertiary/aromatic N) is 5. The van der Waals surface area contributed by atoms with Gasteiger partial charge in [-0.3, -0.25) is 25.8 Å². The molecule has 1 radical (unpaired) electrons. The number of nitrogens with one attached hydrogen (secondary N) is 2. The van der Waals surface area contributed by atoms with Crippen molar-refractivity contribution in [3.63, 3.8) is 0 Å². The van der Waals surface area contributed by atoms with E-state index in [-0.39, 0.29) is 17.1 Å². The first-order chi connectivity index (χ1) is 10.7. The van der Waals surface area contributed by atoms with E-state index < -0.39 is 0 Å². The van der Waals surface area contributed by atoms with Gasteiger partial charge in [-0.2, -0.15) is 10.2 Å². The van der Waals surface area contributed by atoms with Crippen LogP contribution >= 0.6 is 0 Å². The number of amidine groups is 2. The Hall–Kier alpha value is -1.61. The van der Waals surface area contributed by atoms with E-state index in [1.807, 2.05) is 13.8 Å². The maximum absolute atomic E-state index is 5.02. The van der Waals surface area contributed by atoms with Gasteiger partial charge >= 0.3 is 17.1 Å². The molecule has 0 aliphatic carbocycles. The average molecular weight is 399 g/mol. The molecule has 1 aromatic rings. The van der Waals surface area contributed by atoms with Gasteiger partial charge in [0.2, 0.25) is 0 Å². The Kier molecular flexibility index (Phi) is 12.0. The molecule has 23 heavy (non-hydrogen) atoms. The quantitative estimate of drug-likeness (QED) is 0.243. The summed E-state index contributed by atoms with van der Waals surface area (Å²) in [6, 6.07) is 3.61. The van der Waals surface area contributed by atoms with E-state index in [4.69, 9.17) is 25.3 Å². The Morgan fingerprint density at radius 3 is 2.22 bits per heavy atom. The van der Waals surface area contributed by atoms with Crippen molar-refractivity contribution in [2.75, 3.05) is 13.1 Å². The number of pyridine rings is 1. The molecule has 10 heteroatoms. The van der Waals surface area contributed by atoms with Crippen LogP contribution in [0.5, 0.6) is 0 Å². The van der Waals surface area contributed by atoms with Crippen molar-refractivity contribution in [2.24, 2.45) is 20.2 Å². The molecule has 0 atom stereocenters. The molecular formula is C13H17CuN7S2. The average Bonchev–Trinajstić information content (AvgIpc) is 2.52. The summed E-state index contributed by atoms with van der Waals surface area (Å²) in [5.74, 6) is 0. The van der Waals surface area contributed by atoms with Crippen LogP contribution in [0.1, 0.15) is 19.4 Å². The summed E-state index contributed by atoms with van der Waals surface area (Å²) in [4.78, 5) is 12.0. The number of aliphatic imine (C=N–C) groups is 2. The smallest absolute Gasteiger partial charge is 0.741 e. The van der Waals surface area contributed by atoms with Gasteiger partial charge < -0.3 is 25.3 Å². The first-order valence-electron chi connectivity index (χ1n) is 6.63. The molecular weight excluding hydrogens is 382 g/mol. The summed E-state index contributed by atoms with van der Waals surface area (Å²) >= 11 is 9.99. The van der Waals surface area contributed by atoms with Crippen molar-refractivity contribution >= 4 is 47.5 Å². The third kappa shape index (κ3) is 9.19. The van der Waals surface area contributed by atoms with Crippen molar-refractivity contribution in [3.05, 3.63) is 30.1 Å². The van der Waals surface area contributed by atoms with Gasteiger partial charge in [-0.1, -0.05) is 0 Å². The van der Waals surface area contributed by atoms with Gasteiger partial charge in [0.05, 0.1) is 6.21 Å². The molecule has 1 rings (SSSR count). The molecule has 0 aliphatic rings. The molecule has 0 fully saturated rings. The van der Waals surface area contributed by atoms with Crippen molar-refractivity contribution in [1.82, 2.24) is 15.8 Å². The Bertz CT molecular complexity index is 573. The van der Waals surface area contributed by atoms with Crippen LogP contribution in [0.3, 0.4) is 0 Å². The second-order valence-corrected chi connectivity index (χ2v) is 4.55. The van der Waals surface area contributed by atoms with Crippen LogP contribution in [0.4, 0.5) is 0 Å². The fourth-order valence-corrected chi connectivity index (χ4v) is 1.66. The monoisotopic (exact) mass is 398 g/mol. The zero-order valence-electron chi connectivity index (χ0n) is 12.7. The molecule has 0 unspecified atom stereocenters. The van der Waals surface area contributed by atoms with Gasteiger partial charge in [-0.15, -0.1) is 0 Å².